The summed E-state index contributed by atoms with van der Waals surface area (Å²) in [6.07, 6.45) is 1.12. The van der Waals surface area contributed by atoms with Crippen LogP contribution in [0.2, 0.25) is 0 Å². The van der Waals surface area contributed by atoms with Gasteiger partial charge in [0.15, 0.2) is 0 Å². The third-order valence-electron chi connectivity index (χ3n) is 6.18. The van der Waals surface area contributed by atoms with E-state index in [1.165, 1.54) is 4.90 Å². The summed E-state index contributed by atoms with van der Waals surface area (Å²) >= 11 is 0. The normalized spacial score (nSPS) is 22.6. The monoisotopic (exact) mass is 464 g/mol. The van der Waals surface area contributed by atoms with Crippen LogP contribution in [0.25, 0.3) is 0 Å². The average Bonchev–Trinajstić information content (AvgIpc) is 3.21. The molecule has 34 heavy (non-hydrogen) atoms. The van der Waals surface area contributed by atoms with Gasteiger partial charge in [0.1, 0.15) is 25.0 Å². The Balaban J connectivity index is 1.31. The first-order valence-corrected chi connectivity index (χ1v) is 11.2. The van der Waals surface area contributed by atoms with E-state index in [0.717, 1.165) is 0 Å². The molecule has 3 aliphatic rings. The summed E-state index contributed by atoms with van der Waals surface area (Å²) in [5, 5.41) is 2.72. The lowest BCUT2D eigenvalue weighted by Gasteiger charge is -2.31. The number of fused-ring (bicyclic) bond motifs is 1. The molecule has 2 fully saturated rings. The van der Waals surface area contributed by atoms with E-state index >= 15 is 0 Å². The van der Waals surface area contributed by atoms with Crippen molar-refractivity contribution >= 4 is 17.7 Å². The summed E-state index contributed by atoms with van der Waals surface area (Å²) in [7, 11) is 0. The highest BCUT2D eigenvalue weighted by atomic mass is 16.5. The van der Waals surface area contributed by atoms with E-state index in [0.29, 0.717) is 47.6 Å². The van der Waals surface area contributed by atoms with Gasteiger partial charge in [0.25, 0.3) is 5.91 Å². The van der Waals surface area contributed by atoms with Crippen LogP contribution in [0.15, 0.2) is 54.7 Å². The summed E-state index contributed by atoms with van der Waals surface area (Å²) in [6.45, 7) is 3.42. The molecule has 8 nitrogen and oxygen atoms in total. The Labute approximate surface area is 202 Å². The molecule has 8 heteroatoms. The van der Waals surface area contributed by atoms with Gasteiger partial charge in [-0.3, -0.25) is 14.4 Å². The third-order valence-corrected chi connectivity index (χ3v) is 6.18. The number of carbonyl (C=O) groups is 3. The second kappa shape index (κ2) is 9.30. The standard InChI is InChI=1S/C26H27N3O5/c1-17-5-10-22(25(31)27-17)29-14-21-20(26(29)32)3-2-4-23(21)34-15-19-8-6-18(7-9-19)13-28-11-12-33-16-24(28)30/h2-4,6-9,22H,1,5,10-16H2,(H,27,31)/i6D,8D,13D. The van der Waals surface area contributed by atoms with Crippen molar-refractivity contribution in [2.45, 2.75) is 38.6 Å². The number of nitrogens with one attached hydrogen (secondary N) is 1. The largest absolute Gasteiger partial charge is 0.489 e. The Morgan fingerprint density at radius 2 is 2.03 bits per heavy atom. The van der Waals surface area contributed by atoms with Crippen LogP contribution in [-0.2, 0) is 34.0 Å². The molecule has 0 saturated carbocycles. The van der Waals surface area contributed by atoms with Gasteiger partial charge in [0, 0.05) is 29.9 Å². The van der Waals surface area contributed by atoms with Crippen LogP contribution in [0.3, 0.4) is 0 Å². The Bertz CT molecular complexity index is 1300. The van der Waals surface area contributed by atoms with Crippen molar-refractivity contribution in [1.29, 1.82) is 0 Å². The Kier molecular flexibility index (Phi) is 5.13. The SMILES string of the molecule is [2H]c1c(COc2cccc3c2CN(C2CCC(=C)NC2=O)C3=O)ccc(C([2H])N2CCOCC2=O)c1[2H]. The molecule has 3 aliphatic heterocycles. The third kappa shape index (κ3) is 4.41. The number of morpholine rings is 1. The van der Waals surface area contributed by atoms with Gasteiger partial charge < -0.3 is 24.6 Å². The van der Waals surface area contributed by atoms with Crippen molar-refractivity contribution in [3.05, 3.63) is 76.9 Å². The van der Waals surface area contributed by atoms with E-state index in [-0.39, 0.29) is 61.7 Å². The molecule has 2 aromatic carbocycles. The Morgan fingerprint density at radius 3 is 2.85 bits per heavy atom. The number of piperidine rings is 1. The summed E-state index contributed by atoms with van der Waals surface area (Å²) in [6, 6.07) is 7.57. The number of benzene rings is 2. The fourth-order valence-electron chi connectivity index (χ4n) is 4.35. The minimum atomic E-state index is -1.09. The van der Waals surface area contributed by atoms with Gasteiger partial charge in [-0.05, 0) is 36.1 Å². The summed E-state index contributed by atoms with van der Waals surface area (Å²) in [5.41, 5.74) is 2.51. The Hall–Kier alpha value is -3.65. The van der Waals surface area contributed by atoms with Crippen LogP contribution < -0.4 is 10.1 Å². The molecule has 176 valence electrons. The van der Waals surface area contributed by atoms with E-state index in [2.05, 4.69) is 11.9 Å². The molecule has 0 aliphatic carbocycles. The number of hydrogen-bond acceptors (Lipinski definition) is 5. The van der Waals surface area contributed by atoms with Crippen molar-refractivity contribution in [2.75, 3.05) is 19.8 Å². The van der Waals surface area contributed by atoms with Crippen molar-refractivity contribution in [2.24, 2.45) is 0 Å². The molecule has 0 aromatic heterocycles. The van der Waals surface area contributed by atoms with Crippen LogP contribution in [0, 0.1) is 0 Å². The van der Waals surface area contributed by atoms with Gasteiger partial charge in [-0.1, -0.05) is 36.9 Å². The molecule has 2 saturated heterocycles. The lowest BCUT2D eigenvalue weighted by molar-refractivity contribution is -0.143. The molecular formula is C26H27N3O5. The quantitative estimate of drug-likeness (QED) is 0.709. The number of carbonyl (C=O) groups excluding carboxylic acids is 3. The zero-order valence-corrected chi connectivity index (χ0v) is 18.6. The van der Waals surface area contributed by atoms with Gasteiger partial charge in [-0.2, -0.15) is 0 Å². The van der Waals surface area contributed by atoms with E-state index < -0.39 is 12.6 Å². The highest BCUT2D eigenvalue weighted by molar-refractivity contribution is 6.02. The predicted octanol–water partition coefficient (Wildman–Crippen LogP) is 2.37. The second-order valence-corrected chi connectivity index (χ2v) is 8.48. The van der Waals surface area contributed by atoms with E-state index in [1.807, 2.05) is 0 Å². The fraction of sp³-hybridized carbons (Fsp3) is 0.346. The fourth-order valence-corrected chi connectivity index (χ4v) is 4.35. The van der Waals surface area contributed by atoms with Crippen molar-refractivity contribution in [3.63, 3.8) is 0 Å². The maximum absolute atomic E-state index is 13.1. The number of nitrogens with zero attached hydrogens (tertiary/aromatic N) is 2. The van der Waals surface area contributed by atoms with Crippen molar-refractivity contribution in [3.8, 4) is 5.75 Å². The number of hydrogen-bond donors (Lipinski definition) is 1. The van der Waals surface area contributed by atoms with Crippen LogP contribution in [0.1, 0.15) is 44.0 Å². The first-order valence-electron chi connectivity index (χ1n) is 12.8. The number of ether oxygens (including phenoxy) is 2. The minimum absolute atomic E-state index is 0.0153. The van der Waals surface area contributed by atoms with Gasteiger partial charge in [0.2, 0.25) is 11.8 Å². The van der Waals surface area contributed by atoms with Gasteiger partial charge in [-0.25, -0.2) is 0 Å². The molecular weight excluding hydrogens is 434 g/mol. The highest BCUT2D eigenvalue weighted by Gasteiger charge is 2.39. The maximum atomic E-state index is 13.1. The zero-order valence-electron chi connectivity index (χ0n) is 21.6. The zero-order chi connectivity index (χ0) is 26.3. The molecule has 5 rings (SSSR count). The lowest BCUT2D eigenvalue weighted by Crippen LogP contribution is -2.49. The predicted molar refractivity (Wildman–Crippen MR) is 124 cm³/mol. The molecule has 3 heterocycles. The van der Waals surface area contributed by atoms with Gasteiger partial charge >= 0.3 is 0 Å². The maximum Gasteiger partial charge on any atom is 0.255 e. The summed E-state index contributed by atoms with van der Waals surface area (Å²) < 4.78 is 36.5. The molecule has 0 spiro atoms. The first kappa shape index (κ1) is 18.7. The second-order valence-electron chi connectivity index (χ2n) is 8.48. The van der Waals surface area contributed by atoms with Crippen LogP contribution >= 0.6 is 0 Å². The number of amides is 3. The lowest BCUT2D eigenvalue weighted by atomic mass is 10.0. The molecule has 2 unspecified atom stereocenters. The summed E-state index contributed by atoms with van der Waals surface area (Å²) in [5.74, 6) is -0.317. The highest BCUT2D eigenvalue weighted by Crippen LogP contribution is 2.34. The molecule has 2 aromatic rings. The average molecular weight is 465 g/mol. The van der Waals surface area contributed by atoms with Crippen LogP contribution in [-0.4, -0.2) is 53.3 Å². The van der Waals surface area contributed by atoms with E-state index in [9.17, 15) is 14.4 Å². The van der Waals surface area contributed by atoms with Gasteiger partial charge in [-0.15, -0.1) is 0 Å². The summed E-state index contributed by atoms with van der Waals surface area (Å²) in [4.78, 5) is 40.5. The van der Waals surface area contributed by atoms with Crippen molar-refractivity contribution < 1.29 is 28.0 Å². The molecule has 1 N–H and O–H groups in total. The van der Waals surface area contributed by atoms with Crippen LogP contribution in [0.5, 0.6) is 5.75 Å². The van der Waals surface area contributed by atoms with Gasteiger partial charge in [0.05, 0.1) is 17.3 Å². The minimum Gasteiger partial charge on any atom is -0.489 e. The number of rotatable bonds is 6. The van der Waals surface area contributed by atoms with Crippen molar-refractivity contribution in [1.82, 2.24) is 15.1 Å². The molecule has 2 atom stereocenters. The van der Waals surface area contributed by atoms with Crippen LogP contribution in [0.4, 0.5) is 0 Å². The van der Waals surface area contributed by atoms with E-state index in [4.69, 9.17) is 13.6 Å². The topological polar surface area (TPSA) is 88.2 Å². The molecule has 0 bridgehead atoms. The smallest absolute Gasteiger partial charge is 0.255 e. The number of allylic oxidation sites excluding steroid dienone is 1. The molecule has 0 radical (unpaired) electrons. The Morgan fingerprint density at radius 1 is 1.21 bits per heavy atom. The van der Waals surface area contributed by atoms with E-state index in [1.54, 1.807) is 35.2 Å². The molecule has 3 amide bonds. The first-order chi connectivity index (χ1) is 17.8.